The molecule has 0 radical (unpaired) electrons. The first-order valence-electron chi connectivity index (χ1n) is 3.44. The van der Waals surface area contributed by atoms with E-state index in [9.17, 15) is 0 Å². The van der Waals surface area contributed by atoms with Gasteiger partial charge in [-0.05, 0) is 30.7 Å². The molecule has 2 fully saturated rings. The van der Waals surface area contributed by atoms with Gasteiger partial charge in [-0.25, -0.2) is 0 Å². The molecule has 0 spiro atoms. The van der Waals surface area contributed by atoms with Crippen LogP contribution in [0.1, 0.15) is 25.7 Å². The summed E-state index contributed by atoms with van der Waals surface area (Å²) in [4.78, 5) is 2.86. The van der Waals surface area contributed by atoms with Gasteiger partial charge in [-0.1, -0.05) is 11.5 Å². The third-order valence-electron chi connectivity index (χ3n) is 2.61. The Morgan fingerprint density at radius 3 is 3.00 bits per heavy atom. The second-order valence-electron chi connectivity index (χ2n) is 3.09. The average Bonchev–Trinajstić information content (AvgIpc) is 2.37. The molecule has 0 amide bonds. The van der Waals surface area contributed by atoms with Crippen molar-refractivity contribution in [3.8, 4) is 0 Å². The molecule has 3 nitrogen and oxygen atoms in total. The van der Waals surface area contributed by atoms with Crippen molar-refractivity contribution in [1.29, 1.82) is 0 Å². The summed E-state index contributed by atoms with van der Waals surface area (Å²) in [6.45, 7) is 0. The Kier molecular flexibility index (Phi) is 0.809. The second-order valence-corrected chi connectivity index (χ2v) is 3.09. The lowest BCUT2D eigenvalue weighted by molar-refractivity contribution is 0.640. The molecule has 0 N–H and O–H groups in total. The summed E-state index contributed by atoms with van der Waals surface area (Å²) < 4.78 is 0. The van der Waals surface area contributed by atoms with Crippen molar-refractivity contribution in [2.45, 2.75) is 31.2 Å². The molecule has 2 saturated carbocycles. The van der Waals surface area contributed by atoms with Crippen molar-refractivity contribution in [3.05, 3.63) is 10.4 Å². The fourth-order valence-electron chi connectivity index (χ4n) is 1.96. The van der Waals surface area contributed by atoms with E-state index in [-0.39, 0.29) is 5.54 Å². The Morgan fingerprint density at radius 1 is 1.67 bits per heavy atom. The standard InChI is InChI=1S/C6H9N3/c7-9-8-6-3-1-2-5(6)4-6/h5H,1-4H2. The zero-order valence-electron chi connectivity index (χ0n) is 5.25. The zero-order chi connectivity index (χ0) is 6.32. The van der Waals surface area contributed by atoms with Crippen LogP contribution in [0.15, 0.2) is 5.11 Å². The molecule has 2 aliphatic carbocycles. The van der Waals surface area contributed by atoms with Gasteiger partial charge >= 0.3 is 0 Å². The van der Waals surface area contributed by atoms with Gasteiger partial charge in [0.05, 0.1) is 5.54 Å². The van der Waals surface area contributed by atoms with E-state index in [1.165, 1.54) is 12.8 Å². The van der Waals surface area contributed by atoms with Crippen molar-refractivity contribution in [2.24, 2.45) is 11.0 Å². The molecule has 2 rings (SSSR count). The van der Waals surface area contributed by atoms with Crippen LogP contribution in [0, 0.1) is 5.92 Å². The normalized spacial score (nSPS) is 45.6. The van der Waals surface area contributed by atoms with E-state index < -0.39 is 0 Å². The van der Waals surface area contributed by atoms with Gasteiger partial charge in [0.15, 0.2) is 0 Å². The lowest BCUT2D eigenvalue weighted by atomic mass is 10.2. The molecule has 0 aromatic heterocycles. The van der Waals surface area contributed by atoms with E-state index >= 15 is 0 Å². The van der Waals surface area contributed by atoms with E-state index in [0.717, 1.165) is 18.8 Å². The van der Waals surface area contributed by atoms with Gasteiger partial charge in [0, 0.05) is 4.91 Å². The molecule has 0 heterocycles. The van der Waals surface area contributed by atoms with Gasteiger partial charge in [0.25, 0.3) is 0 Å². The molecule has 48 valence electrons. The van der Waals surface area contributed by atoms with Crippen LogP contribution in [-0.2, 0) is 0 Å². The summed E-state index contributed by atoms with van der Waals surface area (Å²) in [6.07, 6.45) is 4.86. The predicted molar refractivity (Wildman–Crippen MR) is 33.8 cm³/mol. The molecular formula is C6H9N3. The minimum atomic E-state index is 0.120. The fourth-order valence-corrected chi connectivity index (χ4v) is 1.96. The minimum Gasteiger partial charge on any atom is -0.0870 e. The topological polar surface area (TPSA) is 48.8 Å². The minimum absolute atomic E-state index is 0.120. The van der Waals surface area contributed by atoms with Crippen LogP contribution < -0.4 is 0 Å². The van der Waals surface area contributed by atoms with Crippen molar-refractivity contribution in [3.63, 3.8) is 0 Å². The molecule has 2 atom stereocenters. The summed E-state index contributed by atoms with van der Waals surface area (Å²) in [7, 11) is 0. The number of fused-ring (bicyclic) bond motifs is 1. The monoisotopic (exact) mass is 123 g/mol. The van der Waals surface area contributed by atoms with Crippen LogP contribution >= 0.6 is 0 Å². The molecule has 0 aromatic carbocycles. The van der Waals surface area contributed by atoms with E-state index in [0.29, 0.717) is 0 Å². The van der Waals surface area contributed by atoms with Crippen molar-refractivity contribution >= 4 is 0 Å². The SMILES string of the molecule is [N-]=[N+]=NC12CCCC1C2. The maximum absolute atomic E-state index is 8.18. The lowest BCUT2D eigenvalue weighted by Crippen LogP contribution is -1.99. The van der Waals surface area contributed by atoms with Crippen molar-refractivity contribution < 1.29 is 0 Å². The smallest absolute Gasteiger partial charge is 0.0519 e. The highest BCUT2D eigenvalue weighted by Gasteiger charge is 2.56. The first-order chi connectivity index (χ1) is 4.37. The first kappa shape index (κ1) is 5.12. The Morgan fingerprint density at radius 2 is 2.56 bits per heavy atom. The number of hydrogen-bond donors (Lipinski definition) is 0. The number of azide groups is 1. The molecule has 2 unspecified atom stereocenters. The highest BCUT2D eigenvalue weighted by atomic mass is 15.2. The third kappa shape index (κ3) is 0.553. The summed E-state index contributed by atoms with van der Waals surface area (Å²) in [6, 6.07) is 0. The molecule has 3 heteroatoms. The van der Waals surface area contributed by atoms with Gasteiger partial charge < -0.3 is 0 Å². The summed E-state index contributed by atoms with van der Waals surface area (Å²) >= 11 is 0. The Hall–Kier alpha value is -0.690. The van der Waals surface area contributed by atoms with E-state index in [4.69, 9.17) is 5.53 Å². The van der Waals surface area contributed by atoms with Gasteiger partial charge in [0.1, 0.15) is 0 Å². The molecule has 2 aliphatic rings. The number of nitrogens with zero attached hydrogens (tertiary/aromatic N) is 3. The first-order valence-corrected chi connectivity index (χ1v) is 3.44. The molecule has 0 aliphatic heterocycles. The Labute approximate surface area is 53.7 Å². The van der Waals surface area contributed by atoms with Crippen LogP contribution in [0.5, 0.6) is 0 Å². The Bertz CT molecular complexity index is 183. The predicted octanol–water partition coefficient (Wildman–Crippen LogP) is 2.24. The molecular weight excluding hydrogens is 114 g/mol. The summed E-state index contributed by atoms with van der Waals surface area (Å²) in [5.74, 6) is 0.758. The van der Waals surface area contributed by atoms with Gasteiger partial charge in [0.2, 0.25) is 0 Å². The molecule has 0 aromatic rings. The van der Waals surface area contributed by atoms with Crippen molar-refractivity contribution in [1.82, 2.24) is 0 Å². The fraction of sp³-hybridized carbons (Fsp3) is 1.00. The van der Waals surface area contributed by atoms with Gasteiger partial charge in [-0.3, -0.25) is 0 Å². The largest absolute Gasteiger partial charge is 0.0870 e. The van der Waals surface area contributed by atoms with Crippen LogP contribution in [0.3, 0.4) is 0 Å². The maximum Gasteiger partial charge on any atom is 0.0519 e. The van der Waals surface area contributed by atoms with Crippen LogP contribution in [0.4, 0.5) is 0 Å². The third-order valence-corrected chi connectivity index (χ3v) is 2.61. The summed E-state index contributed by atoms with van der Waals surface area (Å²) in [5, 5.41) is 3.81. The highest BCUT2D eigenvalue weighted by molar-refractivity contribution is 5.14. The van der Waals surface area contributed by atoms with Crippen LogP contribution in [0.25, 0.3) is 10.4 Å². The lowest BCUT2D eigenvalue weighted by Gasteiger charge is -1.97. The van der Waals surface area contributed by atoms with E-state index in [1.54, 1.807) is 0 Å². The maximum atomic E-state index is 8.18. The summed E-state index contributed by atoms with van der Waals surface area (Å²) in [5.41, 5.74) is 8.30. The molecule has 0 bridgehead atoms. The molecule has 0 saturated heterocycles. The quantitative estimate of drug-likeness (QED) is 0.291. The van der Waals surface area contributed by atoms with Gasteiger partial charge in [-0.2, -0.15) is 0 Å². The average molecular weight is 123 g/mol. The molecule has 9 heavy (non-hydrogen) atoms. The number of rotatable bonds is 1. The van der Waals surface area contributed by atoms with E-state index in [2.05, 4.69) is 10.0 Å². The van der Waals surface area contributed by atoms with E-state index in [1.807, 2.05) is 0 Å². The van der Waals surface area contributed by atoms with Crippen molar-refractivity contribution in [2.75, 3.05) is 0 Å². The zero-order valence-corrected chi connectivity index (χ0v) is 5.25. The number of hydrogen-bond acceptors (Lipinski definition) is 1. The second kappa shape index (κ2) is 1.42. The van der Waals surface area contributed by atoms with Crippen LogP contribution in [-0.4, -0.2) is 5.54 Å². The van der Waals surface area contributed by atoms with Crippen LogP contribution in [0.2, 0.25) is 0 Å². The Balaban J connectivity index is 2.19. The highest BCUT2D eigenvalue weighted by Crippen LogP contribution is 2.58. The van der Waals surface area contributed by atoms with Gasteiger partial charge in [-0.15, -0.1) is 0 Å².